The fraction of sp³-hybridized carbons (Fsp3) is 0.550. The second-order valence-electron chi connectivity index (χ2n) is 7.39. The van der Waals surface area contributed by atoms with Crippen LogP contribution in [0.4, 0.5) is 5.69 Å². The van der Waals surface area contributed by atoms with E-state index in [0.29, 0.717) is 36.8 Å². The molecule has 1 saturated heterocycles. The molecule has 0 aromatic heterocycles. The van der Waals surface area contributed by atoms with Crippen molar-refractivity contribution in [3.05, 3.63) is 29.8 Å². The average Bonchev–Trinajstić information content (AvgIpc) is 3.45. The predicted molar refractivity (Wildman–Crippen MR) is 104 cm³/mol. The number of Topliss-reactive ketones (excluding diaryl/α,β-unsaturated/α-hetero) is 1. The molecule has 2 N–H and O–H groups in total. The van der Waals surface area contributed by atoms with Gasteiger partial charge >= 0.3 is 0 Å². The first-order chi connectivity index (χ1) is 13.0. The number of hydrogen-bond acceptors (Lipinski definition) is 5. The highest BCUT2D eigenvalue weighted by molar-refractivity contribution is 5.95. The summed E-state index contributed by atoms with van der Waals surface area (Å²) >= 11 is 0. The lowest BCUT2D eigenvalue weighted by molar-refractivity contribution is -0.122. The van der Waals surface area contributed by atoms with Crippen molar-refractivity contribution >= 4 is 23.3 Å². The first kappa shape index (κ1) is 19.5. The molecule has 2 amide bonds. The fourth-order valence-electron chi connectivity index (χ4n) is 3.15. The number of benzene rings is 1. The van der Waals surface area contributed by atoms with E-state index in [1.165, 1.54) is 6.92 Å². The molecule has 7 nitrogen and oxygen atoms in total. The molecule has 3 rings (SSSR count). The van der Waals surface area contributed by atoms with Crippen LogP contribution in [-0.2, 0) is 9.59 Å². The van der Waals surface area contributed by atoms with Crippen LogP contribution in [0.2, 0.25) is 0 Å². The van der Waals surface area contributed by atoms with Crippen LogP contribution in [0.3, 0.4) is 0 Å². The number of hydrogen-bond donors (Lipinski definition) is 2. The Bertz CT molecular complexity index is 677. The van der Waals surface area contributed by atoms with Crippen LogP contribution in [0.15, 0.2) is 24.3 Å². The minimum Gasteiger partial charge on any atom is -0.352 e. The number of carbonyl (C=O) groups excluding carboxylic acids is 3. The Morgan fingerprint density at radius 2 is 1.59 bits per heavy atom. The number of amides is 2. The van der Waals surface area contributed by atoms with E-state index in [1.807, 2.05) is 0 Å². The molecular formula is C20H28N4O3. The standard InChI is InChI=1S/C20H28N4O3/c1-15(25)16-2-4-17(5-3-16)21-19(26)8-9-23-10-12-24(13-11-23)14-20(27)22-18-6-7-18/h2-5,18H,6-14H2,1H3,(H,21,26)(H,22,27). The van der Waals surface area contributed by atoms with Gasteiger partial charge in [-0.2, -0.15) is 0 Å². The van der Waals surface area contributed by atoms with Gasteiger partial charge in [0.2, 0.25) is 11.8 Å². The van der Waals surface area contributed by atoms with Crippen LogP contribution < -0.4 is 10.6 Å². The van der Waals surface area contributed by atoms with Crippen molar-refractivity contribution < 1.29 is 14.4 Å². The van der Waals surface area contributed by atoms with Crippen LogP contribution in [0.25, 0.3) is 0 Å². The van der Waals surface area contributed by atoms with Crippen LogP contribution in [0.1, 0.15) is 36.5 Å². The molecule has 2 fully saturated rings. The van der Waals surface area contributed by atoms with E-state index in [1.54, 1.807) is 24.3 Å². The summed E-state index contributed by atoms with van der Waals surface area (Å²) in [5.74, 6) is 0.106. The molecule has 7 heteroatoms. The number of carbonyl (C=O) groups is 3. The largest absolute Gasteiger partial charge is 0.352 e. The quantitative estimate of drug-likeness (QED) is 0.668. The van der Waals surface area contributed by atoms with E-state index in [0.717, 1.165) is 39.0 Å². The van der Waals surface area contributed by atoms with Gasteiger partial charge in [0.15, 0.2) is 5.78 Å². The zero-order valence-corrected chi connectivity index (χ0v) is 15.9. The summed E-state index contributed by atoms with van der Waals surface area (Å²) in [6.45, 7) is 6.15. The van der Waals surface area contributed by atoms with Crippen molar-refractivity contribution in [1.29, 1.82) is 0 Å². The minimum atomic E-state index is -0.0307. The molecule has 1 aliphatic carbocycles. The van der Waals surface area contributed by atoms with Gasteiger partial charge in [0.25, 0.3) is 0 Å². The average molecular weight is 372 g/mol. The van der Waals surface area contributed by atoms with Crippen LogP contribution in [-0.4, -0.2) is 72.7 Å². The Labute approximate surface area is 160 Å². The molecule has 0 bridgehead atoms. The third-order valence-corrected chi connectivity index (χ3v) is 5.00. The molecule has 27 heavy (non-hydrogen) atoms. The second-order valence-corrected chi connectivity index (χ2v) is 7.39. The third-order valence-electron chi connectivity index (χ3n) is 5.00. The highest BCUT2D eigenvalue weighted by Gasteiger charge is 2.25. The normalized spacial score (nSPS) is 18.1. The molecule has 1 heterocycles. The Kier molecular flexibility index (Phi) is 6.58. The van der Waals surface area contributed by atoms with Gasteiger partial charge in [0.1, 0.15) is 0 Å². The summed E-state index contributed by atoms with van der Waals surface area (Å²) in [7, 11) is 0. The number of rotatable bonds is 8. The van der Waals surface area contributed by atoms with Crippen LogP contribution >= 0.6 is 0 Å². The summed E-state index contributed by atoms with van der Waals surface area (Å²) in [4.78, 5) is 39.7. The fourth-order valence-corrected chi connectivity index (χ4v) is 3.15. The van der Waals surface area contributed by atoms with E-state index >= 15 is 0 Å². The zero-order chi connectivity index (χ0) is 19.2. The molecule has 1 aromatic carbocycles. The van der Waals surface area contributed by atoms with Crippen molar-refractivity contribution in [2.24, 2.45) is 0 Å². The Morgan fingerprint density at radius 1 is 0.963 bits per heavy atom. The van der Waals surface area contributed by atoms with Crippen molar-refractivity contribution in [2.45, 2.75) is 32.2 Å². The second kappa shape index (κ2) is 9.10. The Morgan fingerprint density at radius 3 is 2.19 bits per heavy atom. The molecule has 1 saturated carbocycles. The molecule has 146 valence electrons. The topological polar surface area (TPSA) is 81.8 Å². The minimum absolute atomic E-state index is 0.0111. The van der Waals surface area contributed by atoms with Gasteiger partial charge in [-0.3, -0.25) is 19.3 Å². The summed E-state index contributed by atoms with van der Waals surface area (Å²) < 4.78 is 0. The Balaban J connectivity index is 1.32. The number of anilines is 1. The first-order valence-electron chi connectivity index (χ1n) is 9.64. The highest BCUT2D eigenvalue weighted by atomic mass is 16.2. The molecule has 0 unspecified atom stereocenters. The number of piperazine rings is 1. The Hall–Kier alpha value is -2.25. The zero-order valence-electron chi connectivity index (χ0n) is 15.9. The van der Waals surface area contributed by atoms with Gasteiger partial charge in [-0.05, 0) is 44.0 Å². The molecule has 1 aromatic rings. The molecule has 0 radical (unpaired) electrons. The summed E-state index contributed by atoms with van der Waals surface area (Å²) in [6, 6.07) is 7.35. The predicted octanol–water partition coefficient (Wildman–Crippen LogP) is 1.11. The van der Waals surface area contributed by atoms with E-state index in [-0.39, 0.29) is 17.6 Å². The van der Waals surface area contributed by atoms with Crippen LogP contribution in [0.5, 0.6) is 0 Å². The maximum atomic E-state index is 12.1. The summed E-state index contributed by atoms with van der Waals surface area (Å²) in [5.41, 5.74) is 1.34. The summed E-state index contributed by atoms with van der Waals surface area (Å²) in [5, 5.41) is 5.89. The first-order valence-corrected chi connectivity index (χ1v) is 9.64. The number of ketones is 1. The van der Waals surface area contributed by atoms with E-state index in [9.17, 15) is 14.4 Å². The third kappa shape index (κ3) is 6.45. The van der Waals surface area contributed by atoms with Crippen molar-refractivity contribution in [2.75, 3.05) is 44.6 Å². The molecule has 0 atom stereocenters. The van der Waals surface area contributed by atoms with Gasteiger partial charge in [0.05, 0.1) is 6.54 Å². The lowest BCUT2D eigenvalue weighted by Crippen LogP contribution is -2.50. The van der Waals surface area contributed by atoms with Gasteiger partial charge in [-0.25, -0.2) is 0 Å². The van der Waals surface area contributed by atoms with Crippen molar-refractivity contribution in [1.82, 2.24) is 15.1 Å². The molecule has 2 aliphatic rings. The number of nitrogens with one attached hydrogen (secondary N) is 2. The van der Waals surface area contributed by atoms with Crippen LogP contribution in [0, 0.1) is 0 Å². The van der Waals surface area contributed by atoms with E-state index in [2.05, 4.69) is 20.4 Å². The van der Waals surface area contributed by atoms with Gasteiger partial charge < -0.3 is 15.5 Å². The lowest BCUT2D eigenvalue weighted by Gasteiger charge is -2.34. The smallest absolute Gasteiger partial charge is 0.234 e. The monoisotopic (exact) mass is 372 g/mol. The van der Waals surface area contributed by atoms with Gasteiger partial charge in [-0.1, -0.05) is 0 Å². The molecule has 1 aliphatic heterocycles. The maximum Gasteiger partial charge on any atom is 0.234 e. The lowest BCUT2D eigenvalue weighted by atomic mass is 10.1. The number of nitrogens with zero attached hydrogens (tertiary/aromatic N) is 2. The summed E-state index contributed by atoms with van der Waals surface area (Å²) in [6.07, 6.45) is 2.65. The molecule has 0 spiro atoms. The van der Waals surface area contributed by atoms with Crippen molar-refractivity contribution in [3.63, 3.8) is 0 Å². The molecular weight excluding hydrogens is 344 g/mol. The van der Waals surface area contributed by atoms with Crippen molar-refractivity contribution in [3.8, 4) is 0 Å². The maximum absolute atomic E-state index is 12.1. The SMILES string of the molecule is CC(=O)c1ccc(NC(=O)CCN2CCN(CC(=O)NC3CC3)CC2)cc1. The van der Waals surface area contributed by atoms with E-state index in [4.69, 9.17) is 0 Å². The highest BCUT2D eigenvalue weighted by Crippen LogP contribution is 2.18. The van der Waals surface area contributed by atoms with E-state index < -0.39 is 0 Å². The van der Waals surface area contributed by atoms with Gasteiger partial charge in [0, 0.05) is 56.4 Å². The van der Waals surface area contributed by atoms with Gasteiger partial charge in [-0.15, -0.1) is 0 Å².